The van der Waals surface area contributed by atoms with Crippen LogP contribution in [0.1, 0.15) is 32.3 Å². The Bertz CT molecular complexity index is 492. The van der Waals surface area contributed by atoms with Crippen molar-refractivity contribution in [3.63, 3.8) is 0 Å². The Labute approximate surface area is 125 Å². The van der Waals surface area contributed by atoms with Crippen molar-refractivity contribution in [2.24, 2.45) is 0 Å². The molecule has 1 amide bonds. The van der Waals surface area contributed by atoms with E-state index in [-0.39, 0.29) is 18.7 Å². The number of rotatable bonds is 3. The fourth-order valence-electron chi connectivity index (χ4n) is 2.27. The average molecular weight is 296 g/mol. The van der Waals surface area contributed by atoms with Crippen molar-refractivity contribution in [3.8, 4) is 0 Å². The zero-order chi connectivity index (χ0) is 15.6. The summed E-state index contributed by atoms with van der Waals surface area (Å²) >= 11 is 0. The van der Waals surface area contributed by atoms with E-state index in [1.54, 1.807) is 0 Å². The second-order valence-corrected chi connectivity index (χ2v) is 6.45. The van der Waals surface area contributed by atoms with Gasteiger partial charge in [0.15, 0.2) is 0 Å². The molecule has 0 unspecified atom stereocenters. The summed E-state index contributed by atoms with van der Waals surface area (Å²) in [5.41, 5.74) is -0.529. The topological polar surface area (TPSA) is 74.9 Å². The van der Waals surface area contributed by atoms with Crippen LogP contribution >= 0.6 is 0 Å². The number of nitrogens with one attached hydrogen (secondary N) is 1. The van der Waals surface area contributed by atoms with Crippen molar-refractivity contribution in [1.29, 1.82) is 0 Å². The lowest BCUT2D eigenvalue weighted by molar-refractivity contribution is 0.0270. The molecule has 0 aromatic carbocycles. The zero-order valence-electron chi connectivity index (χ0n) is 13.0. The maximum Gasteiger partial charge on any atom is 0.410 e. The smallest absolute Gasteiger partial charge is 0.410 e. The number of hydrogen-bond acceptors (Lipinski definition) is 5. The van der Waals surface area contributed by atoms with E-state index in [9.17, 15) is 9.90 Å². The van der Waals surface area contributed by atoms with Crippen LogP contribution in [0.2, 0.25) is 0 Å². The Morgan fingerprint density at radius 2 is 2.19 bits per heavy atom. The third-order valence-corrected chi connectivity index (χ3v) is 3.28. The molecular formula is C15H24N2O4. The normalized spacial score (nSPS) is 22.6. The summed E-state index contributed by atoms with van der Waals surface area (Å²) in [5, 5.41) is 13.3. The van der Waals surface area contributed by atoms with Crippen molar-refractivity contribution >= 4 is 6.09 Å². The van der Waals surface area contributed by atoms with Crippen LogP contribution in [0, 0.1) is 6.92 Å². The van der Waals surface area contributed by atoms with Crippen molar-refractivity contribution < 1.29 is 19.1 Å². The number of nitrogens with zero attached hydrogens (tertiary/aromatic N) is 1. The van der Waals surface area contributed by atoms with E-state index >= 15 is 0 Å². The molecule has 6 nitrogen and oxygen atoms in total. The molecule has 0 spiro atoms. The fraction of sp³-hybridized carbons (Fsp3) is 0.667. The average Bonchev–Trinajstić information content (AvgIpc) is 2.91. The highest BCUT2D eigenvalue weighted by molar-refractivity contribution is 5.68. The van der Waals surface area contributed by atoms with Crippen LogP contribution < -0.4 is 5.32 Å². The minimum Gasteiger partial charge on any atom is -0.465 e. The molecule has 21 heavy (non-hydrogen) atoms. The lowest BCUT2D eigenvalue weighted by atomic mass is 10.2. The highest BCUT2D eigenvalue weighted by Crippen LogP contribution is 2.16. The van der Waals surface area contributed by atoms with E-state index in [4.69, 9.17) is 9.15 Å². The van der Waals surface area contributed by atoms with E-state index in [1.807, 2.05) is 39.8 Å². The molecular weight excluding hydrogens is 272 g/mol. The number of ether oxygens (including phenoxy) is 1. The fourth-order valence-corrected chi connectivity index (χ4v) is 2.27. The van der Waals surface area contributed by atoms with Gasteiger partial charge >= 0.3 is 6.09 Å². The number of aliphatic hydroxyl groups is 1. The lowest BCUT2D eigenvalue weighted by Gasteiger charge is -2.24. The number of likely N-dealkylation sites (tertiary alicyclic amines) is 1. The molecule has 0 saturated carbocycles. The van der Waals surface area contributed by atoms with Crippen LogP contribution in [0.5, 0.6) is 0 Å². The van der Waals surface area contributed by atoms with Gasteiger partial charge in [-0.3, -0.25) is 0 Å². The standard InChI is InChI=1S/C15H24N2O4/c1-10-5-6-11(20-10)7-16-12-8-17(9-13(12)18)14(19)21-15(2,3)4/h5-6,12-13,16,18H,7-9H2,1-4H3/t12-,13-/m1/s1. The molecule has 0 radical (unpaired) electrons. The van der Waals surface area contributed by atoms with Crippen LogP contribution in [0.4, 0.5) is 4.79 Å². The molecule has 2 heterocycles. The van der Waals surface area contributed by atoms with E-state index in [0.717, 1.165) is 11.5 Å². The number of β-amino-alcohol motifs (C(OH)–C–C–N with tert-alkyl or cyclic N) is 1. The van der Waals surface area contributed by atoms with E-state index in [1.165, 1.54) is 4.90 Å². The van der Waals surface area contributed by atoms with Crippen molar-refractivity contribution in [2.45, 2.75) is 52.0 Å². The zero-order valence-corrected chi connectivity index (χ0v) is 13.0. The second kappa shape index (κ2) is 6.07. The summed E-state index contributed by atoms with van der Waals surface area (Å²) in [4.78, 5) is 13.5. The van der Waals surface area contributed by atoms with Gasteiger partial charge in [-0.1, -0.05) is 0 Å². The van der Waals surface area contributed by atoms with Crippen LogP contribution in [0.25, 0.3) is 0 Å². The van der Waals surface area contributed by atoms with Crippen molar-refractivity contribution in [2.75, 3.05) is 13.1 Å². The van der Waals surface area contributed by atoms with E-state index in [2.05, 4.69) is 5.32 Å². The van der Waals surface area contributed by atoms with Gasteiger partial charge in [-0.25, -0.2) is 4.79 Å². The van der Waals surface area contributed by atoms with Crippen LogP contribution in [0.3, 0.4) is 0 Å². The number of carbonyl (C=O) groups excluding carboxylic acids is 1. The van der Waals surface area contributed by atoms with Crippen LogP contribution in [-0.4, -0.2) is 46.9 Å². The summed E-state index contributed by atoms with van der Waals surface area (Å²) in [6, 6.07) is 3.62. The first kappa shape index (κ1) is 15.9. The Morgan fingerprint density at radius 1 is 1.48 bits per heavy atom. The lowest BCUT2D eigenvalue weighted by Crippen LogP contribution is -2.39. The first-order valence-corrected chi connectivity index (χ1v) is 7.19. The van der Waals surface area contributed by atoms with Crippen molar-refractivity contribution in [1.82, 2.24) is 10.2 Å². The van der Waals surface area contributed by atoms with E-state index in [0.29, 0.717) is 13.1 Å². The quantitative estimate of drug-likeness (QED) is 0.887. The van der Waals surface area contributed by atoms with Crippen LogP contribution in [-0.2, 0) is 11.3 Å². The van der Waals surface area contributed by atoms with Gasteiger partial charge in [0, 0.05) is 6.54 Å². The summed E-state index contributed by atoms with van der Waals surface area (Å²) < 4.78 is 10.8. The van der Waals surface area contributed by atoms with Gasteiger partial charge in [-0.05, 0) is 39.8 Å². The molecule has 1 aliphatic heterocycles. The number of carbonyl (C=O) groups is 1. The minimum absolute atomic E-state index is 0.178. The van der Waals surface area contributed by atoms with Gasteiger partial charge in [0.2, 0.25) is 0 Å². The number of hydrogen-bond donors (Lipinski definition) is 2. The molecule has 1 aliphatic rings. The summed E-state index contributed by atoms with van der Waals surface area (Å²) in [6.45, 7) is 8.60. The monoisotopic (exact) mass is 296 g/mol. The molecule has 2 N–H and O–H groups in total. The van der Waals surface area contributed by atoms with Gasteiger partial charge in [-0.15, -0.1) is 0 Å². The Hall–Kier alpha value is -1.53. The third-order valence-electron chi connectivity index (χ3n) is 3.28. The van der Waals surface area contributed by atoms with Crippen molar-refractivity contribution in [3.05, 3.63) is 23.7 Å². The molecule has 0 aliphatic carbocycles. The molecule has 118 valence electrons. The number of aliphatic hydroxyl groups excluding tert-OH is 1. The molecule has 6 heteroatoms. The third kappa shape index (κ3) is 4.47. The Kier molecular flexibility index (Phi) is 4.58. The van der Waals surface area contributed by atoms with Gasteiger partial charge in [0.05, 0.1) is 25.2 Å². The predicted molar refractivity (Wildman–Crippen MR) is 77.9 cm³/mol. The highest BCUT2D eigenvalue weighted by Gasteiger charge is 2.35. The van der Waals surface area contributed by atoms with Crippen LogP contribution in [0.15, 0.2) is 16.5 Å². The summed E-state index contributed by atoms with van der Waals surface area (Å²) in [5.74, 6) is 1.67. The molecule has 1 aromatic rings. The molecule has 2 atom stereocenters. The molecule has 1 fully saturated rings. The van der Waals surface area contributed by atoms with Gasteiger partial charge < -0.3 is 24.5 Å². The predicted octanol–water partition coefficient (Wildman–Crippen LogP) is 1.66. The Balaban J connectivity index is 1.84. The largest absolute Gasteiger partial charge is 0.465 e. The maximum absolute atomic E-state index is 12.0. The maximum atomic E-state index is 12.0. The summed E-state index contributed by atoms with van der Waals surface area (Å²) in [7, 11) is 0. The molecule has 1 aromatic heterocycles. The molecule has 2 rings (SSSR count). The Morgan fingerprint density at radius 3 is 2.76 bits per heavy atom. The number of amides is 1. The summed E-state index contributed by atoms with van der Waals surface area (Å²) in [6.07, 6.45) is -0.992. The highest BCUT2D eigenvalue weighted by atomic mass is 16.6. The molecule has 0 bridgehead atoms. The number of aryl methyl sites for hydroxylation is 1. The number of furan rings is 1. The molecule has 1 saturated heterocycles. The SMILES string of the molecule is Cc1ccc(CN[C@@H]2CN(C(=O)OC(C)(C)C)C[C@H]2O)o1. The van der Waals surface area contributed by atoms with Gasteiger partial charge in [-0.2, -0.15) is 0 Å². The minimum atomic E-state index is -0.603. The second-order valence-electron chi connectivity index (χ2n) is 6.45. The first-order chi connectivity index (χ1) is 9.74. The first-order valence-electron chi connectivity index (χ1n) is 7.19. The van der Waals surface area contributed by atoms with E-state index < -0.39 is 11.7 Å². The van der Waals surface area contributed by atoms with Gasteiger partial charge in [0.25, 0.3) is 0 Å². The van der Waals surface area contributed by atoms with Gasteiger partial charge in [0.1, 0.15) is 17.1 Å².